The van der Waals surface area contributed by atoms with E-state index in [2.05, 4.69) is 18.7 Å². The summed E-state index contributed by atoms with van der Waals surface area (Å²) in [5.41, 5.74) is 7.62. The second-order valence-corrected chi connectivity index (χ2v) is 3.67. The number of hydrogen-bond donors (Lipinski definition) is 1. The number of nitrogens with zero attached hydrogens (tertiary/aromatic N) is 1. The Labute approximate surface area is 84.5 Å². The maximum absolute atomic E-state index is 5.70. The molecular formula is C11H16N2O. The molecule has 1 aliphatic heterocycles. The first-order chi connectivity index (χ1) is 6.72. The second-order valence-electron chi connectivity index (χ2n) is 3.67. The third-order valence-electron chi connectivity index (χ3n) is 2.65. The van der Waals surface area contributed by atoms with Gasteiger partial charge in [0.15, 0.2) is 0 Å². The Kier molecular flexibility index (Phi) is 2.23. The molecule has 0 aliphatic carbocycles. The van der Waals surface area contributed by atoms with Crippen molar-refractivity contribution in [3.05, 3.63) is 18.2 Å². The summed E-state index contributed by atoms with van der Waals surface area (Å²) in [5, 5.41) is 0. The minimum atomic E-state index is 0.441. The summed E-state index contributed by atoms with van der Waals surface area (Å²) >= 11 is 0. The molecule has 1 aromatic rings. The van der Waals surface area contributed by atoms with E-state index in [1.165, 1.54) is 0 Å². The minimum Gasteiger partial charge on any atom is -0.489 e. The lowest BCUT2D eigenvalue weighted by Crippen LogP contribution is -2.40. The van der Waals surface area contributed by atoms with Crippen molar-refractivity contribution in [2.45, 2.75) is 19.9 Å². The summed E-state index contributed by atoms with van der Waals surface area (Å²) in [6.45, 7) is 6.07. The highest BCUT2D eigenvalue weighted by Crippen LogP contribution is 2.34. The van der Waals surface area contributed by atoms with Gasteiger partial charge in [-0.15, -0.1) is 0 Å². The highest BCUT2D eigenvalue weighted by atomic mass is 16.5. The number of likely N-dealkylation sites (N-methyl/N-ethyl adjacent to an activating group) is 1. The number of fused-ring (bicyclic) bond motifs is 1. The molecule has 2 N–H and O–H groups in total. The van der Waals surface area contributed by atoms with Gasteiger partial charge in [-0.1, -0.05) is 0 Å². The summed E-state index contributed by atoms with van der Waals surface area (Å²) in [6.07, 6.45) is 0. The third-order valence-corrected chi connectivity index (χ3v) is 2.65. The van der Waals surface area contributed by atoms with E-state index < -0.39 is 0 Å². The lowest BCUT2D eigenvalue weighted by Gasteiger charge is -2.36. The van der Waals surface area contributed by atoms with Gasteiger partial charge >= 0.3 is 0 Å². The first-order valence-corrected chi connectivity index (χ1v) is 5.01. The van der Waals surface area contributed by atoms with E-state index >= 15 is 0 Å². The first kappa shape index (κ1) is 9.19. The van der Waals surface area contributed by atoms with Crippen LogP contribution in [0.3, 0.4) is 0 Å². The van der Waals surface area contributed by atoms with Crippen LogP contribution >= 0.6 is 0 Å². The summed E-state index contributed by atoms with van der Waals surface area (Å²) in [4.78, 5) is 2.33. The van der Waals surface area contributed by atoms with E-state index in [0.29, 0.717) is 6.04 Å². The molecule has 0 bridgehead atoms. The van der Waals surface area contributed by atoms with Gasteiger partial charge in [0.25, 0.3) is 0 Å². The van der Waals surface area contributed by atoms with Crippen molar-refractivity contribution < 1.29 is 4.74 Å². The number of nitrogens with two attached hydrogens (primary N) is 1. The standard InChI is InChI=1S/C11H16N2O/c1-3-13-8(2)7-14-11-6-9(12)4-5-10(11)13/h4-6,8H,3,7,12H2,1-2H3. The number of benzene rings is 1. The molecule has 76 valence electrons. The lowest BCUT2D eigenvalue weighted by atomic mass is 10.1. The summed E-state index contributed by atoms with van der Waals surface area (Å²) in [5.74, 6) is 0.907. The monoisotopic (exact) mass is 192 g/mol. The van der Waals surface area contributed by atoms with Crippen molar-refractivity contribution in [1.82, 2.24) is 0 Å². The Bertz CT molecular complexity index is 338. The smallest absolute Gasteiger partial charge is 0.144 e. The molecule has 1 heterocycles. The molecule has 1 unspecified atom stereocenters. The number of rotatable bonds is 1. The quantitative estimate of drug-likeness (QED) is 0.690. The number of hydrogen-bond acceptors (Lipinski definition) is 3. The molecule has 0 saturated carbocycles. The van der Waals surface area contributed by atoms with Crippen LogP contribution in [0.1, 0.15) is 13.8 Å². The average molecular weight is 192 g/mol. The molecule has 1 aliphatic rings. The molecule has 0 aromatic heterocycles. The van der Waals surface area contributed by atoms with Crippen molar-refractivity contribution in [2.24, 2.45) is 0 Å². The zero-order valence-electron chi connectivity index (χ0n) is 8.66. The first-order valence-electron chi connectivity index (χ1n) is 5.01. The zero-order chi connectivity index (χ0) is 10.1. The summed E-state index contributed by atoms with van der Waals surface area (Å²) in [6, 6.07) is 6.28. The van der Waals surface area contributed by atoms with Gasteiger partial charge in [0.05, 0.1) is 11.7 Å². The predicted octanol–water partition coefficient (Wildman–Crippen LogP) is 1.88. The van der Waals surface area contributed by atoms with Gasteiger partial charge in [-0.3, -0.25) is 0 Å². The van der Waals surface area contributed by atoms with E-state index in [1.54, 1.807) is 0 Å². The second kappa shape index (κ2) is 3.40. The van der Waals surface area contributed by atoms with Gasteiger partial charge in [0.2, 0.25) is 0 Å². The van der Waals surface area contributed by atoms with Crippen molar-refractivity contribution in [3.8, 4) is 5.75 Å². The average Bonchev–Trinajstić information content (AvgIpc) is 2.18. The fourth-order valence-corrected chi connectivity index (χ4v) is 1.90. The van der Waals surface area contributed by atoms with Crippen molar-refractivity contribution >= 4 is 11.4 Å². The zero-order valence-corrected chi connectivity index (χ0v) is 8.66. The molecule has 1 atom stereocenters. The number of nitrogen functional groups attached to an aromatic ring is 1. The Morgan fingerprint density at radius 1 is 1.57 bits per heavy atom. The molecule has 0 fully saturated rings. The van der Waals surface area contributed by atoms with Crippen LogP contribution in [0.15, 0.2) is 18.2 Å². The normalized spacial score (nSPS) is 20.1. The van der Waals surface area contributed by atoms with Crippen LogP contribution in [0.25, 0.3) is 0 Å². The van der Waals surface area contributed by atoms with E-state index in [9.17, 15) is 0 Å². The molecular weight excluding hydrogens is 176 g/mol. The Hall–Kier alpha value is -1.38. The number of ether oxygens (including phenoxy) is 1. The van der Waals surface area contributed by atoms with E-state index in [-0.39, 0.29) is 0 Å². The van der Waals surface area contributed by atoms with Crippen LogP contribution in [-0.4, -0.2) is 19.2 Å². The fraction of sp³-hybridized carbons (Fsp3) is 0.455. The van der Waals surface area contributed by atoms with Crippen LogP contribution in [0.5, 0.6) is 5.75 Å². The van der Waals surface area contributed by atoms with Crippen LogP contribution in [0.4, 0.5) is 11.4 Å². The SMILES string of the molecule is CCN1c2ccc(N)cc2OCC1C. The fourth-order valence-electron chi connectivity index (χ4n) is 1.90. The van der Waals surface area contributed by atoms with Crippen LogP contribution < -0.4 is 15.4 Å². The lowest BCUT2D eigenvalue weighted by molar-refractivity contribution is 0.271. The molecule has 0 spiro atoms. The summed E-state index contributed by atoms with van der Waals surface area (Å²) in [7, 11) is 0. The Balaban J connectivity index is 2.41. The molecule has 3 heteroatoms. The van der Waals surface area contributed by atoms with Crippen molar-refractivity contribution in [3.63, 3.8) is 0 Å². The van der Waals surface area contributed by atoms with E-state index in [4.69, 9.17) is 10.5 Å². The molecule has 0 amide bonds. The van der Waals surface area contributed by atoms with Gasteiger partial charge in [-0.25, -0.2) is 0 Å². The summed E-state index contributed by atoms with van der Waals surface area (Å²) < 4.78 is 5.63. The maximum atomic E-state index is 5.70. The van der Waals surface area contributed by atoms with Gasteiger partial charge in [0.1, 0.15) is 12.4 Å². The van der Waals surface area contributed by atoms with Crippen LogP contribution in [0, 0.1) is 0 Å². The van der Waals surface area contributed by atoms with E-state index in [1.807, 2.05) is 18.2 Å². The highest BCUT2D eigenvalue weighted by molar-refractivity contribution is 5.65. The van der Waals surface area contributed by atoms with E-state index in [0.717, 1.165) is 30.3 Å². The molecule has 0 saturated heterocycles. The van der Waals surface area contributed by atoms with Gasteiger partial charge in [-0.05, 0) is 26.0 Å². The Morgan fingerprint density at radius 3 is 3.07 bits per heavy atom. The van der Waals surface area contributed by atoms with Gasteiger partial charge < -0.3 is 15.4 Å². The van der Waals surface area contributed by atoms with Crippen molar-refractivity contribution in [1.29, 1.82) is 0 Å². The molecule has 2 rings (SSSR count). The largest absolute Gasteiger partial charge is 0.489 e. The van der Waals surface area contributed by atoms with Crippen LogP contribution in [0.2, 0.25) is 0 Å². The van der Waals surface area contributed by atoms with Crippen LogP contribution in [-0.2, 0) is 0 Å². The van der Waals surface area contributed by atoms with Gasteiger partial charge in [0, 0.05) is 18.3 Å². The molecule has 14 heavy (non-hydrogen) atoms. The molecule has 1 aromatic carbocycles. The van der Waals surface area contributed by atoms with Gasteiger partial charge in [-0.2, -0.15) is 0 Å². The molecule has 3 nitrogen and oxygen atoms in total. The topological polar surface area (TPSA) is 38.5 Å². The maximum Gasteiger partial charge on any atom is 0.144 e. The number of anilines is 2. The minimum absolute atomic E-state index is 0.441. The Morgan fingerprint density at radius 2 is 2.36 bits per heavy atom. The third kappa shape index (κ3) is 1.39. The highest BCUT2D eigenvalue weighted by Gasteiger charge is 2.22. The van der Waals surface area contributed by atoms with Crippen molar-refractivity contribution in [2.75, 3.05) is 23.8 Å². The predicted molar refractivity (Wildman–Crippen MR) is 58.8 cm³/mol. The molecule has 0 radical (unpaired) electrons.